The highest BCUT2D eigenvalue weighted by Crippen LogP contribution is 2.26. The van der Waals surface area contributed by atoms with Gasteiger partial charge in [0.25, 0.3) is 0 Å². The molecule has 4 heteroatoms. The number of nitrogens with zero attached hydrogens (tertiary/aromatic N) is 1. The number of hydrogen-bond acceptors (Lipinski definition) is 3. The van der Waals surface area contributed by atoms with Gasteiger partial charge in [0.1, 0.15) is 0 Å². The van der Waals surface area contributed by atoms with E-state index in [2.05, 4.69) is 17.1 Å². The molecule has 2 atom stereocenters. The summed E-state index contributed by atoms with van der Waals surface area (Å²) < 4.78 is 0. The number of rotatable bonds is 3. The van der Waals surface area contributed by atoms with Crippen molar-refractivity contribution in [3.8, 4) is 0 Å². The molecule has 1 heterocycles. The average molecular weight is 267 g/mol. The summed E-state index contributed by atoms with van der Waals surface area (Å²) in [5, 5.41) is 3.08. The molecular formula is C15H29N3O. The molecule has 1 aliphatic carbocycles. The Morgan fingerprint density at radius 3 is 2.58 bits per heavy atom. The summed E-state index contributed by atoms with van der Waals surface area (Å²) in [5.41, 5.74) is 5.72. The topological polar surface area (TPSA) is 58.4 Å². The van der Waals surface area contributed by atoms with Crippen LogP contribution in [0.3, 0.4) is 0 Å². The van der Waals surface area contributed by atoms with Crippen molar-refractivity contribution in [2.24, 2.45) is 11.7 Å². The van der Waals surface area contributed by atoms with Crippen molar-refractivity contribution in [1.82, 2.24) is 10.2 Å². The molecule has 4 nitrogen and oxygen atoms in total. The van der Waals surface area contributed by atoms with Gasteiger partial charge in [0.15, 0.2) is 0 Å². The highest BCUT2D eigenvalue weighted by atomic mass is 16.2. The lowest BCUT2D eigenvalue weighted by atomic mass is 10.0. The van der Waals surface area contributed by atoms with Crippen LogP contribution in [0.5, 0.6) is 0 Å². The molecule has 0 bridgehead atoms. The first-order valence-corrected chi connectivity index (χ1v) is 7.96. The van der Waals surface area contributed by atoms with Crippen molar-refractivity contribution in [2.45, 2.75) is 64.0 Å². The molecule has 1 saturated heterocycles. The standard InChI is InChI=1S/C15H29N3O/c1-12-10-17-15(19)14(8-9-16)18(11-12)13-6-4-2-3-5-7-13/h12-14H,2-11,16H2,1H3,(H,17,19). The number of hydrogen-bond donors (Lipinski definition) is 2. The van der Waals surface area contributed by atoms with Crippen molar-refractivity contribution in [3.63, 3.8) is 0 Å². The van der Waals surface area contributed by atoms with Gasteiger partial charge in [-0.15, -0.1) is 0 Å². The van der Waals surface area contributed by atoms with Gasteiger partial charge in [-0.05, 0) is 31.7 Å². The molecule has 3 N–H and O–H groups in total. The lowest BCUT2D eigenvalue weighted by Gasteiger charge is -2.36. The Morgan fingerprint density at radius 2 is 1.95 bits per heavy atom. The Bertz CT molecular complexity index is 287. The van der Waals surface area contributed by atoms with E-state index >= 15 is 0 Å². The monoisotopic (exact) mass is 267 g/mol. The molecule has 0 radical (unpaired) electrons. The maximum atomic E-state index is 12.3. The van der Waals surface area contributed by atoms with E-state index < -0.39 is 0 Å². The van der Waals surface area contributed by atoms with E-state index in [-0.39, 0.29) is 11.9 Å². The van der Waals surface area contributed by atoms with E-state index in [0.29, 0.717) is 18.5 Å². The Kier molecular flexibility index (Phi) is 5.64. The van der Waals surface area contributed by atoms with Crippen LogP contribution in [-0.4, -0.2) is 42.5 Å². The van der Waals surface area contributed by atoms with E-state index in [4.69, 9.17) is 5.73 Å². The third kappa shape index (κ3) is 3.93. The number of carbonyl (C=O) groups is 1. The second kappa shape index (κ2) is 7.25. The Hall–Kier alpha value is -0.610. The van der Waals surface area contributed by atoms with Crippen molar-refractivity contribution in [3.05, 3.63) is 0 Å². The van der Waals surface area contributed by atoms with E-state index in [9.17, 15) is 4.79 Å². The molecule has 1 amide bonds. The third-order valence-electron chi connectivity index (χ3n) is 4.58. The van der Waals surface area contributed by atoms with Gasteiger partial charge in [-0.1, -0.05) is 32.6 Å². The molecule has 0 spiro atoms. The summed E-state index contributed by atoms with van der Waals surface area (Å²) >= 11 is 0. The van der Waals surface area contributed by atoms with Crippen LogP contribution in [0.1, 0.15) is 51.9 Å². The molecule has 19 heavy (non-hydrogen) atoms. The van der Waals surface area contributed by atoms with Gasteiger partial charge in [-0.2, -0.15) is 0 Å². The second-order valence-electron chi connectivity index (χ2n) is 6.29. The zero-order valence-electron chi connectivity index (χ0n) is 12.2. The van der Waals surface area contributed by atoms with Crippen LogP contribution in [0.15, 0.2) is 0 Å². The molecule has 1 aliphatic heterocycles. The summed E-state index contributed by atoms with van der Waals surface area (Å²) in [7, 11) is 0. The fourth-order valence-corrected chi connectivity index (χ4v) is 3.54. The van der Waals surface area contributed by atoms with Gasteiger partial charge in [0.2, 0.25) is 5.91 Å². The third-order valence-corrected chi connectivity index (χ3v) is 4.58. The Morgan fingerprint density at radius 1 is 1.26 bits per heavy atom. The van der Waals surface area contributed by atoms with Crippen LogP contribution >= 0.6 is 0 Å². The fraction of sp³-hybridized carbons (Fsp3) is 0.933. The summed E-state index contributed by atoms with van der Waals surface area (Å²) in [6.07, 6.45) is 8.62. The minimum Gasteiger partial charge on any atom is -0.354 e. The zero-order chi connectivity index (χ0) is 13.7. The molecule has 2 unspecified atom stereocenters. The minimum atomic E-state index is -0.00181. The molecule has 0 aromatic heterocycles. The van der Waals surface area contributed by atoms with Gasteiger partial charge in [0.05, 0.1) is 6.04 Å². The predicted molar refractivity (Wildman–Crippen MR) is 77.8 cm³/mol. The normalized spacial score (nSPS) is 31.6. The number of nitrogens with one attached hydrogen (secondary N) is 1. The van der Waals surface area contributed by atoms with Crippen molar-refractivity contribution in [2.75, 3.05) is 19.6 Å². The number of nitrogens with two attached hydrogens (primary N) is 1. The van der Waals surface area contributed by atoms with Crippen molar-refractivity contribution in [1.29, 1.82) is 0 Å². The lowest BCUT2D eigenvalue weighted by Crippen LogP contribution is -2.50. The summed E-state index contributed by atoms with van der Waals surface area (Å²) in [5.74, 6) is 0.731. The van der Waals surface area contributed by atoms with Crippen LogP contribution in [0, 0.1) is 5.92 Å². The molecule has 2 fully saturated rings. The van der Waals surface area contributed by atoms with Crippen LogP contribution in [0.25, 0.3) is 0 Å². The lowest BCUT2D eigenvalue weighted by molar-refractivity contribution is -0.126. The maximum Gasteiger partial charge on any atom is 0.237 e. The van der Waals surface area contributed by atoms with Gasteiger partial charge < -0.3 is 11.1 Å². The van der Waals surface area contributed by atoms with Crippen molar-refractivity contribution >= 4 is 5.91 Å². The SMILES string of the molecule is CC1CNC(=O)C(CCN)N(C2CCCCCC2)C1. The first kappa shape index (κ1) is 14.8. The highest BCUT2D eigenvalue weighted by molar-refractivity contribution is 5.82. The molecule has 0 aromatic rings. The molecule has 2 rings (SSSR count). The summed E-state index contributed by atoms with van der Waals surface area (Å²) in [4.78, 5) is 14.8. The summed E-state index contributed by atoms with van der Waals surface area (Å²) in [6, 6.07) is 0.586. The van der Waals surface area contributed by atoms with E-state index in [0.717, 1.165) is 19.5 Å². The zero-order valence-corrected chi connectivity index (χ0v) is 12.2. The van der Waals surface area contributed by atoms with Gasteiger partial charge >= 0.3 is 0 Å². The van der Waals surface area contributed by atoms with E-state index in [1.165, 1.54) is 38.5 Å². The molecule has 110 valence electrons. The van der Waals surface area contributed by atoms with Gasteiger partial charge in [0, 0.05) is 19.1 Å². The molecule has 2 aliphatic rings. The Balaban J connectivity index is 2.11. The second-order valence-corrected chi connectivity index (χ2v) is 6.29. The van der Waals surface area contributed by atoms with Gasteiger partial charge in [-0.25, -0.2) is 0 Å². The molecule has 0 aromatic carbocycles. The molecular weight excluding hydrogens is 238 g/mol. The summed E-state index contributed by atoms with van der Waals surface area (Å²) in [6.45, 7) is 4.67. The van der Waals surface area contributed by atoms with Crippen molar-refractivity contribution < 1.29 is 4.79 Å². The Labute approximate surface area is 117 Å². The number of amides is 1. The van der Waals surface area contributed by atoms with E-state index in [1.54, 1.807) is 0 Å². The van der Waals surface area contributed by atoms with Crippen LogP contribution in [0.2, 0.25) is 0 Å². The van der Waals surface area contributed by atoms with Crippen LogP contribution < -0.4 is 11.1 Å². The fourth-order valence-electron chi connectivity index (χ4n) is 3.54. The largest absolute Gasteiger partial charge is 0.354 e. The van der Waals surface area contributed by atoms with Crippen LogP contribution in [-0.2, 0) is 4.79 Å². The van der Waals surface area contributed by atoms with E-state index in [1.807, 2.05) is 0 Å². The number of carbonyl (C=O) groups excluding carboxylic acids is 1. The smallest absolute Gasteiger partial charge is 0.237 e. The minimum absolute atomic E-state index is 0.00181. The quantitative estimate of drug-likeness (QED) is 0.762. The predicted octanol–water partition coefficient (Wildman–Crippen LogP) is 1.49. The molecule has 1 saturated carbocycles. The van der Waals surface area contributed by atoms with Crippen LogP contribution in [0.4, 0.5) is 0 Å². The highest BCUT2D eigenvalue weighted by Gasteiger charge is 2.34. The van der Waals surface area contributed by atoms with Gasteiger partial charge in [-0.3, -0.25) is 9.69 Å². The first-order chi connectivity index (χ1) is 9.22. The maximum absolute atomic E-state index is 12.3. The first-order valence-electron chi connectivity index (χ1n) is 7.96. The average Bonchev–Trinajstić information content (AvgIpc) is 2.74.